The second-order valence-corrected chi connectivity index (χ2v) is 22.2. The zero-order valence-corrected chi connectivity index (χ0v) is 138. The first-order chi connectivity index (χ1) is 46.7. The minimum atomic E-state index is -0.559. The molecule has 0 atom stereocenters. The van der Waals surface area contributed by atoms with Crippen LogP contribution in [0.5, 0.6) is 0 Å². The van der Waals surface area contributed by atoms with Gasteiger partial charge in [-0.25, -0.2) is 4.79 Å². The molecule has 0 saturated carbocycles. The fourth-order valence-electron chi connectivity index (χ4n) is 11.2. The Balaban J connectivity index is -0.00000132. The van der Waals surface area contributed by atoms with E-state index in [1.54, 1.807) is 78.9 Å². The van der Waals surface area contributed by atoms with E-state index in [0.717, 1.165) is 60.8 Å². The Labute approximate surface area is 545 Å². The average molecular weight is 4530 g/mol. The molecule has 108 heavy (non-hydrogen) atoms. The monoisotopic (exact) mass is 4550 g/mol. The number of aliphatic hydroxyl groups excluding tert-OH is 12. The molecule has 514 valence electrons. The molecule has 0 unspecified atom stereocenters. The maximum atomic E-state index is 13.0. The Kier molecular flexibility index (Phi) is 31.2. The van der Waals surface area contributed by atoms with Crippen LogP contribution in [-0.2, 0) is 79.3 Å². The minimum absolute atomic E-state index is 0. The molecule has 12 N–H and O–H groups in total. The summed E-state index contributed by atoms with van der Waals surface area (Å²) in [6.45, 7) is -2.47. The molecule has 0 fully saturated rings. The van der Waals surface area contributed by atoms with Gasteiger partial charge in [0.2, 0.25) is 10.9 Å². The van der Waals surface area contributed by atoms with Crippen molar-refractivity contribution in [3.63, 3.8) is 0 Å². The van der Waals surface area contributed by atoms with Gasteiger partial charge in [0, 0.05) is 22.6 Å². The van der Waals surface area contributed by atoms with Crippen LogP contribution in [0.2, 0.25) is 0 Å². The molecule has 0 amide bonds. The van der Waals surface area contributed by atoms with E-state index in [1.807, 2.05) is 78.9 Å². The quantitative estimate of drug-likeness (QED) is 0.0402. The molecule has 0 bridgehead atoms. The Hall–Kier alpha value is -22.4. The zero-order valence-electron chi connectivity index (χ0n) is 59.9. The second-order valence-electron chi connectivity index (χ2n) is 22.2. The Morgan fingerprint density at radius 2 is 0.713 bits per heavy atom. The van der Waals surface area contributed by atoms with E-state index in [1.165, 1.54) is 24.9 Å². The van der Waals surface area contributed by atoms with Crippen LogP contribution in [0.25, 0.3) is 99.2 Å². The van der Waals surface area contributed by atoms with Crippen LogP contribution < -0.4 is 21.9 Å². The summed E-state index contributed by atoms with van der Waals surface area (Å²) >= 11 is 0. The predicted octanol–water partition coefficient (Wildman–Crippen LogP) is 8.90. The van der Waals surface area contributed by atoms with Gasteiger partial charge in [0.25, 0.3) is 0 Å². The fourth-order valence-corrected chi connectivity index (χ4v) is 11.2. The van der Waals surface area contributed by atoms with Crippen molar-refractivity contribution in [1.82, 2.24) is 0 Å². The third-order valence-corrected chi connectivity index (χ3v) is 16.4. The van der Waals surface area contributed by atoms with Crippen LogP contribution in [0, 0.1) is 0 Å². The topological polar surface area (TPSA) is 364 Å². The summed E-state index contributed by atoms with van der Waals surface area (Å²) in [6, 6.07) is 47.4. The van der Waals surface area contributed by atoms with Gasteiger partial charge in [0.1, 0.15) is 41.1 Å². The van der Waals surface area contributed by atoms with Gasteiger partial charge >= 0.3 is 5.63 Å². The summed E-state index contributed by atoms with van der Waals surface area (Å²) in [4.78, 5) is 49.7. The number of aliphatic hydroxyl groups is 12. The van der Waals surface area contributed by atoms with E-state index in [9.17, 15) is 60.0 Å². The van der Waals surface area contributed by atoms with Crippen LogP contribution in [0.4, 0.5) is 0 Å². The van der Waals surface area contributed by atoms with Crippen molar-refractivity contribution in [2.45, 2.75) is 79.3 Å². The molecule has 0 aliphatic carbocycles. The van der Waals surface area contributed by atoms with Gasteiger partial charge in [-0.15, -0.1) is 0 Å². The van der Waals surface area contributed by atoms with Crippen molar-refractivity contribution in [2.75, 3.05) is 0 Å². The van der Waals surface area contributed by atoms with Gasteiger partial charge in [-0.05, 0) is 149 Å². The van der Waals surface area contributed by atoms with Crippen molar-refractivity contribution in [2.24, 2.45) is 0 Å². The smallest absolute Gasteiger partial charge is 0.336 e. The first-order valence-corrected chi connectivity index (χ1v) is 30.1. The molecular weight excluding hydrogens is 4460 g/mol. The maximum Gasteiger partial charge on any atom is 0.336 e. The Morgan fingerprint density at radius 1 is 0.250 bits per heavy atom. The van der Waals surface area contributed by atoms with Crippen molar-refractivity contribution < 1.29 is 78.9 Å². The number of fused-ring (bicyclic) bond motifs is 5. The van der Waals surface area contributed by atoms with Gasteiger partial charge in [-0.3, -0.25) is 14.4 Å². The summed E-state index contributed by atoms with van der Waals surface area (Å²) in [5, 5.41) is 116. The molecule has 0 saturated heterocycles. The number of hydrogen-bond acceptors (Lipinski definition) is 20. The predicted molar refractivity (Wildman–Crippen MR) is 360 cm³/mol. The maximum absolute atomic E-state index is 13.0. The Morgan fingerprint density at radius 3 is 1.24 bits per heavy atom. The summed E-state index contributed by atoms with van der Waals surface area (Å²) < 4.78 is 21.8. The molecule has 4 aromatic heterocycles. The average Bonchev–Trinajstić information content (AvgIpc) is 0.790. The largest absolute Gasteiger partial charge is 0.464 e. The van der Waals surface area contributed by atoms with E-state index in [-0.39, 0.29) is 99.9 Å². The fraction of sp³-hybridized carbons (Fsp3) is 0.158. The standard InChI is InChI=1S/C22H18O5.3C18H16O5.12Sg/c23-9-13-1-2-16-8-17(4-3-15(16)5-13)20-12-27-22-18(11-25)6-14(10-24)7-19(22)21(20)26;19-8-11-1-3-12(4-2-11)13-5-15(10-21)18-16(6-13)14(9-20)7-17(22)23-18;19-7-11-1-3-12(4-2-11)15-6-17-16(5-13(15)8-20)18(22)14(9-21)10-23-17;19-7-11-1-3-12(4-2-11)15-10-23-16-6-5-13(8-20)14(9-21)17(16)18(15)22;;;;;;;;;;;;/h1-8,12,23-25H,9-11H2;1-7,19-21H,8-10H2;2*1-6,10,19-21H,7-9H2;;;;;;;;;;;;. The van der Waals surface area contributed by atoms with Crippen LogP contribution in [0.3, 0.4) is 0 Å². The van der Waals surface area contributed by atoms with Crippen molar-refractivity contribution in [3.8, 4) is 44.5 Å². The van der Waals surface area contributed by atoms with Crippen LogP contribution in [0.15, 0.2) is 219 Å². The summed E-state index contributed by atoms with van der Waals surface area (Å²) in [7, 11) is 0. The van der Waals surface area contributed by atoms with E-state index >= 15 is 0 Å². The van der Waals surface area contributed by atoms with Crippen molar-refractivity contribution in [3.05, 3.63) is 290 Å². The summed E-state index contributed by atoms with van der Waals surface area (Å²) in [5.74, 6) is 0. The molecule has 20 nitrogen and oxygen atoms in total. The molecule has 9 aromatic carbocycles. The zero-order chi connectivity index (χ0) is 68.2. The van der Waals surface area contributed by atoms with E-state index in [0.29, 0.717) is 94.1 Å². The van der Waals surface area contributed by atoms with Gasteiger partial charge in [-0.2, -0.15) is 0 Å². The van der Waals surface area contributed by atoms with E-state index in [2.05, 4.69) is 0 Å². The molecule has 32 heteroatoms. The van der Waals surface area contributed by atoms with Gasteiger partial charge in [0.05, 0.1) is 112 Å². The molecule has 0 aliphatic heterocycles. The minimum Gasteiger partial charge on any atom is -0.464 e. The SMILES string of the molecule is O=c1c(-c2ccc(CO)cc2)coc2ccc(CO)c(CO)c12.O=c1c(-c2ccc3cc(CO)ccc3c2)coc2c(CO)cc(CO)cc12.O=c1c(CO)coc2cc(-c3ccc(CO)cc3)c(CO)cc12.O=c1cc(CO)c2cc(-c3ccc(CO)cc3)cc(CO)c2o1.[Sg].[Sg].[Sg].[Sg].[Sg].[Sg].[Sg].[Sg].[Sg].[Sg].[Sg].[Sg]. The normalized spacial score (nSPS) is 9.93. The third-order valence-electron chi connectivity index (χ3n) is 16.4. The van der Waals surface area contributed by atoms with E-state index < -0.39 is 12.2 Å². The van der Waals surface area contributed by atoms with Gasteiger partial charge < -0.3 is 78.9 Å². The second kappa shape index (κ2) is 37.5. The van der Waals surface area contributed by atoms with E-state index in [4.69, 9.17) is 38.1 Å². The first kappa shape index (κ1) is 89.8. The summed E-state index contributed by atoms with van der Waals surface area (Å²) in [6.07, 6.45) is 4.05. The van der Waals surface area contributed by atoms with Crippen LogP contribution in [0.1, 0.15) is 66.8 Å². The summed E-state index contributed by atoms with van der Waals surface area (Å²) in [5.41, 5.74) is 12.3. The Bertz CT molecular complexity index is 5240. The molecule has 0 spiro atoms. The molecule has 4 heterocycles. The molecular formula is C76H66O20Sg12. The van der Waals surface area contributed by atoms with Crippen molar-refractivity contribution >= 4 is 54.6 Å². The van der Waals surface area contributed by atoms with Crippen LogP contribution in [-0.4, -0.2) is 61.3 Å². The van der Waals surface area contributed by atoms with Crippen LogP contribution >= 0.6 is 0 Å². The molecule has 0 aliphatic rings. The third kappa shape index (κ3) is 16.6. The number of rotatable bonds is 16. The molecule has 13 rings (SSSR count). The first-order valence-electron chi connectivity index (χ1n) is 30.1. The number of hydrogen-bond donors (Lipinski definition) is 12. The molecule has 13 aromatic rings. The molecule has 0 radical (unpaired) electrons. The number of benzene rings is 9. The van der Waals surface area contributed by atoms with Crippen molar-refractivity contribution in [1.29, 1.82) is 0 Å². The van der Waals surface area contributed by atoms with Gasteiger partial charge in [-0.1, -0.05) is 103 Å². The van der Waals surface area contributed by atoms with Gasteiger partial charge in [0.15, 0.2) is 5.43 Å².